The van der Waals surface area contributed by atoms with E-state index in [0.717, 1.165) is 6.07 Å². The second-order valence-corrected chi connectivity index (χ2v) is 3.80. The quantitative estimate of drug-likeness (QED) is 0.873. The first-order chi connectivity index (χ1) is 9.60. The molecular formula is C13H12FN3O3. The number of aromatic nitrogens is 2. The molecule has 0 aliphatic heterocycles. The SMILES string of the molecule is CCOc1cc(Nc2ccc(C(=O)O)c(F)c2)ncn1. The van der Waals surface area contributed by atoms with Gasteiger partial charge >= 0.3 is 5.97 Å². The average molecular weight is 277 g/mol. The molecule has 2 aromatic rings. The fourth-order valence-electron chi connectivity index (χ4n) is 1.55. The van der Waals surface area contributed by atoms with Gasteiger partial charge in [-0.15, -0.1) is 0 Å². The van der Waals surface area contributed by atoms with Crippen LogP contribution in [0.4, 0.5) is 15.9 Å². The molecule has 0 atom stereocenters. The number of carboxylic acid groups (broad SMARTS) is 1. The van der Waals surface area contributed by atoms with Crippen LogP contribution in [0.5, 0.6) is 5.88 Å². The molecule has 20 heavy (non-hydrogen) atoms. The summed E-state index contributed by atoms with van der Waals surface area (Å²) >= 11 is 0. The van der Waals surface area contributed by atoms with Crippen LogP contribution in [0.3, 0.4) is 0 Å². The van der Waals surface area contributed by atoms with Crippen molar-refractivity contribution in [1.29, 1.82) is 0 Å². The molecule has 0 unspecified atom stereocenters. The lowest BCUT2D eigenvalue weighted by atomic mass is 10.2. The zero-order valence-corrected chi connectivity index (χ0v) is 10.6. The fourth-order valence-corrected chi connectivity index (χ4v) is 1.55. The number of nitrogens with zero attached hydrogens (tertiary/aromatic N) is 2. The summed E-state index contributed by atoms with van der Waals surface area (Å²) in [5.74, 6) is -1.31. The predicted octanol–water partition coefficient (Wildman–Crippen LogP) is 2.46. The van der Waals surface area contributed by atoms with Gasteiger partial charge in [0.15, 0.2) is 0 Å². The molecule has 0 saturated heterocycles. The molecule has 0 spiro atoms. The van der Waals surface area contributed by atoms with E-state index in [0.29, 0.717) is 24.0 Å². The Bertz CT molecular complexity index is 634. The molecule has 0 amide bonds. The van der Waals surface area contributed by atoms with E-state index in [1.165, 1.54) is 18.5 Å². The first kappa shape index (κ1) is 13.7. The fraction of sp³-hybridized carbons (Fsp3) is 0.154. The van der Waals surface area contributed by atoms with Crippen molar-refractivity contribution in [1.82, 2.24) is 9.97 Å². The normalized spacial score (nSPS) is 10.1. The highest BCUT2D eigenvalue weighted by Gasteiger charge is 2.10. The minimum Gasteiger partial charge on any atom is -0.478 e. The number of carbonyl (C=O) groups is 1. The Morgan fingerprint density at radius 2 is 2.20 bits per heavy atom. The molecule has 1 heterocycles. The van der Waals surface area contributed by atoms with Crippen molar-refractivity contribution in [3.8, 4) is 5.88 Å². The van der Waals surface area contributed by atoms with Crippen molar-refractivity contribution in [2.24, 2.45) is 0 Å². The van der Waals surface area contributed by atoms with Gasteiger partial charge in [0.05, 0.1) is 12.2 Å². The Kier molecular flexibility index (Phi) is 4.09. The zero-order chi connectivity index (χ0) is 14.5. The van der Waals surface area contributed by atoms with E-state index >= 15 is 0 Å². The van der Waals surface area contributed by atoms with Crippen LogP contribution in [-0.2, 0) is 0 Å². The Labute approximate surface area is 114 Å². The number of halogens is 1. The maximum absolute atomic E-state index is 13.5. The summed E-state index contributed by atoms with van der Waals surface area (Å²) in [5.41, 5.74) is 0.00175. The Hall–Kier alpha value is -2.70. The number of benzene rings is 1. The van der Waals surface area contributed by atoms with Gasteiger partial charge in [0, 0.05) is 11.8 Å². The first-order valence-corrected chi connectivity index (χ1v) is 5.85. The number of hydrogen-bond acceptors (Lipinski definition) is 5. The zero-order valence-electron chi connectivity index (χ0n) is 10.6. The topological polar surface area (TPSA) is 84.3 Å². The van der Waals surface area contributed by atoms with Crippen molar-refractivity contribution >= 4 is 17.5 Å². The number of nitrogens with one attached hydrogen (secondary N) is 1. The van der Waals surface area contributed by atoms with E-state index in [-0.39, 0.29) is 5.56 Å². The van der Waals surface area contributed by atoms with Crippen molar-refractivity contribution in [3.63, 3.8) is 0 Å². The second-order valence-electron chi connectivity index (χ2n) is 3.80. The van der Waals surface area contributed by atoms with Crippen LogP contribution in [0.15, 0.2) is 30.6 Å². The Balaban J connectivity index is 2.19. The highest BCUT2D eigenvalue weighted by Crippen LogP contribution is 2.20. The maximum atomic E-state index is 13.5. The van der Waals surface area contributed by atoms with E-state index in [2.05, 4.69) is 15.3 Å². The van der Waals surface area contributed by atoms with Crippen LogP contribution < -0.4 is 10.1 Å². The van der Waals surface area contributed by atoms with Crippen LogP contribution in [0.25, 0.3) is 0 Å². The van der Waals surface area contributed by atoms with E-state index < -0.39 is 11.8 Å². The third-order valence-electron chi connectivity index (χ3n) is 2.41. The van der Waals surface area contributed by atoms with Crippen molar-refractivity contribution in [2.75, 3.05) is 11.9 Å². The lowest BCUT2D eigenvalue weighted by Gasteiger charge is -2.08. The summed E-state index contributed by atoms with van der Waals surface area (Å²) in [5, 5.41) is 11.6. The molecule has 2 rings (SSSR count). The van der Waals surface area contributed by atoms with Crippen LogP contribution in [0.1, 0.15) is 17.3 Å². The molecule has 0 aliphatic carbocycles. The molecule has 104 valence electrons. The molecular weight excluding hydrogens is 265 g/mol. The monoisotopic (exact) mass is 277 g/mol. The van der Waals surface area contributed by atoms with Crippen molar-refractivity contribution in [3.05, 3.63) is 42.0 Å². The highest BCUT2D eigenvalue weighted by atomic mass is 19.1. The van der Waals surface area contributed by atoms with Crippen molar-refractivity contribution < 1.29 is 19.0 Å². The van der Waals surface area contributed by atoms with Gasteiger partial charge in [-0.1, -0.05) is 0 Å². The third kappa shape index (κ3) is 3.19. The van der Waals surface area contributed by atoms with Gasteiger partial charge in [-0.05, 0) is 25.1 Å². The second kappa shape index (κ2) is 5.96. The van der Waals surface area contributed by atoms with Crippen LogP contribution in [0.2, 0.25) is 0 Å². The van der Waals surface area contributed by atoms with E-state index in [9.17, 15) is 9.18 Å². The molecule has 7 heteroatoms. The lowest BCUT2D eigenvalue weighted by Crippen LogP contribution is -2.02. The number of aromatic carboxylic acids is 1. The lowest BCUT2D eigenvalue weighted by molar-refractivity contribution is 0.0692. The van der Waals surface area contributed by atoms with E-state index in [1.54, 1.807) is 6.07 Å². The van der Waals surface area contributed by atoms with Gasteiger partial charge in [-0.2, -0.15) is 0 Å². The first-order valence-electron chi connectivity index (χ1n) is 5.85. The number of rotatable bonds is 5. The van der Waals surface area contributed by atoms with E-state index in [4.69, 9.17) is 9.84 Å². The highest BCUT2D eigenvalue weighted by molar-refractivity contribution is 5.88. The summed E-state index contributed by atoms with van der Waals surface area (Å²) < 4.78 is 18.7. The van der Waals surface area contributed by atoms with Gasteiger partial charge in [0.1, 0.15) is 18.0 Å². The molecule has 6 nitrogen and oxygen atoms in total. The summed E-state index contributed by atoms with van der Waals surface area (Å²) in [6.45, 7) is 2.30. The molecule has 0 saturated carbocycles. The summed E-state index contributed by atoms with van der Waals surface area (Å²) in [6.07, 6.45) is 1.31. The standard InChI is InChI=1S/C13H12FN3O3/c1-2-20-12-6-11(15-7-16-12)17-8-3-4-9(13(18)19)10(14)5-8/h3-7H,2H2,1H3,(H,18,19)(H,15,16,17). The summed E-state index contributed by atoms with van der Waals surface area (Å²) in [6, 6.07) is 5.29. The molecule has 1 aromatic heterocycles. The molecule has 0 aliphatic rings. The van der Waals surface area contributed by atoms with Crippen LogP contribution in [-0.4, -0.2) is 27.7 Å². The minimum atomic E-state index is -1.31. The van der Waals surface area contributed by atoms with Gasteiger partial charge in [0.2, 0.25) is 5.88 Å². The van der Waals surface area contributed by atoms with E-state index in [1.807, 2.05) is 6.92 Å². The van der Waals surface area contributed by atoms with Gasteiger partial charge in [0.25, 0.3) is 0 Å². The van der Waals surface area contributed by atoms with Gasteiger partial charge < -0.3 is 15.2 Å². The molecule has 0 bridgehead atoms. The van der Waals surface area contributed by atoms with Gasteiger partial charge in [-0.25, -0.2) is 19.2 Å². The minimum absolute atomic E-state index is 0.381. The van der Waals surface area contributed by atoms with Crippen molar-refractivity contribution in [2.45, 2.75) is 6.92 Å². The summed E-state index contributed by atoms with van der Waals surface area (Å²) in [4.78, 5) is 18.6. The third-order valence-corrected chi connectivity index (χ3v) is 2.41. The molecule has 2 N–H and O–H groups in total. The predicted molar refractivity (Wildman–Crippen MR) is 69.8 cm³/mol. The number of hydrogen-bond donors (Lipinski definition) is 2. The average Bonchev–Trinajstić information content (AvgIpc) is 2.39. The summed E-state index contributed by atoms with van der Waals surface area (Å²) in [7, 11) is 0. The van der Waals surface area contributed by atoms with Crippen LogP contribution >= 0.6 is 0 Å². The smallest absolute Gasteiger partial charge is 0.338 e. The maximum Gasteiger partial charge on any atom is 0.338 e. The molecule has 0 fully saturated rings. The Morgan fingerprint density at radius 1 is 1.40 bits per heavy atom. The number of carboxylic acids is 1. The molecule has 0 radical (unpaired) electrons. The largest absolute Gasteiger partial charge is 0.478 e. The Morgan fingerprint density at radius 3 is 2.85 bits per heavy atom. The van der Waals surface area contributed by atoms with Crippen LogP contribution in [0, 0.1) is 5.82 Å². The van der Waals surface area contributed by atoms with Gasteiger partial charge in [-0.3, -0.25) is 0 Å². The number of anilines is 2. The molecule has 1 aromatic carbocycles. The number of ether oxygens (including phenoxy) is 1.